The van der Waals surface area contributed by atoms with Gasteiger partial charge in [0, 0.05) is 6.54 Å². The summed E-state index contributed by atoms with van der Waals surface area (Å²) in [5, 5.41) is 13.3. The lowest BCUT2D eigenvalue weighted by Crippen LogP contribution is -2.18. The van der Waals surface area contributed by atoms with Crippen LogP contribution >= 0.6 is 11.3 Å². The van der Waals surface area contributed by atoms with Crippen molar-refractivity contribution in [1.82, 2.24) is 5.32 Å². The molecule has 18 heavy (non-hydrogen) atoms. The molecule has 1 aromatic heterocycles. The summed E-state index contributed by atoms with van der Waals surface area (Å²) in [6.07, 6.45) is 2.81. The highest BCUT2D eigenvalue weighted by molar-refractivity contribution is 7.12. The molecule has 3 nitrogen and oxygen atoms in total. The van der Waals surface area contributed by atoms with E-state index in [1.54, 1.807) is 11.3 Å². The molecule has 0 fully saturated rings. The second-order valence-corrected chi connectivity index (χ2v) is 4.63. The van der Waals surface area contributed by atoms with E-state index in [0.29, 0.717) is 12.4 Å². The van der Waals surface area contributed by atoms with Crippen molar-refractivity contribution in [3.63, 3.8) is 0 Å². The van der Waals surface area contributed by atoms with Crippen LogP contribution in [-0.2, 0) is 6.42 Å². The zero-order chi connectivity index (χ0) is 12.6. The summed E-state index contributed by atoms with van der Waals surface area (Å²) in [5.41, 5.74) is 1.25. The normalized spacial score (nSPS) is 10.9. The van der Waals surface area contributed by atoms with Crippen molar-refractivity contribution in [2.45, 2.75) is 6.42 Å². The van der Waals surface area contributed by atoms with E-state index in [-0.39, 0.29) is 0 Å². The molecule has 4 heteroatoms. The second kappa shape index (κ2) is 6.58. The number of hydrogen-bond donors (Lipinski definition) is 1. The van der Waals surface area contributed by atoms with Gasteiger partial charge in [0.05, 0.1) is 4.88 Å². The largest absolute Gasteiger partial charge is 0.276 e. The zero-order valence-electron chi connectivity index (χ0n) is 9.84. The lowest BCUT2D eigenvalue weighted by atomic mass is 10.2. The first-order valence-corrected chi connectivity index (χ1v) is 6.55. The molecule has 0 radical (unpaired) electrons. The first-order valence-electron chi connectivity index (χ1n) is 5.67. The molecule has 0 aliphatic rings. The summed E-state index contributed by atoms with van der Waals surface area (Å²) in [6, 6.07) is 14.1. The molecular formula is C14H13N3S. The van der Waals surface area contributed by atoms with Crippen molar-refractivity contribution in [2.24, 2.45) is 4.99 Å². The second-order valence-electron chi connectivity index (χ2n) is 3.68. The Morgan fingerprint density at radius 2 is 2.06 bits per heavy atom. The van der Waals surface area contributed by atoms with Crippen molar-refractivity contribution in [2.75, 3.05) is 6.54 Å². The average Bonchev–Trinajstić information content (AvgIpc) is 2.93. The minimum Gasteiger partial charge on any atom is -0.276 e. The summed E-state index contributed by atoms with van der Waals surface area (Å²) in [4.78, 5) is 5.44. The van der Waals surface area contributed by atoms with Gasteiger partial charge in [-0.05, 0) is 23.4 Å². The molecule has 0 amide bonds. The van der Waals surface area contributed by atoms with Gasteiger partial charge in [0.2, 0.25) is 0 Å². The van der Waals surface area contributed by atoms with Crippen LogP contribution in [0.5, 0.6) is 0 Å². The Bertz CT molecular complexity index is 538. The number of amidine groups is 1. The first-order chi connectivity index (χ1) is 8.90. The smallest absolute Gasteiger partial charge is 0.182 e. The maximum Gasteiger partial charge on any atom is 0.182 e. The summed E-state index contributed by atoms with van der Waals surface area (Å²) in [5.74, 6) is 0.656. The van der Waals surface area contributed by atoms with E-state index in [1.165, 1.54) is 5.56 Å². The van der Waals surface area contributed by atoms with Crippen LogP contribution in [0.25, 0.3) is 0 Å². The van der Waals surface area contributed by atoms with Crippen molar-refractivity contribution in [1.29, 1.82) is 5.26 Å². The summed E-state index contributed by atoms with van der Waals surface area (Å²) in [6.45, 7) is 0.673. The van der Waals surface area contributed by atoms with Gasteiger partial charge < -0.3 is 0 Å². The minimum absolute atomic E-state index is 0.656. The van der Waals surface area contributed by atoms with Crippen LogP contribution in [-0.4, -0.2) is 12.4 Å². The van der Waals surface area contributed by atoms with Gasteiger partial charge in [-0.1, -0.05) is 36.4 Å². The number of aliphatic imine (C=N–C) groups is 1. The zero-order valence-corrected chi connectivity index (χ0v) is 10.7. The van der Waals surface area contributed by atoms with E-state index >= 15 is 0 Å². The Kier molecular flexibility index (Phi) is 4.51. The summed E-state index contributed by atoms with van der Waals surface area (Å²) < 4.78 is 0. The predicted molar refractivity (Wildman–Crippen MR) is 74.6 cm³/mol. The molecule has 2 rings (SSSR count). The van der Waals surface area contributed by atoms with Gasteiger partial charge in [-0.15, -0.1) is 11.3 Å². The quantitative estimate of drug-likeness (QED) is 0.395. The third-order valence-corrected chi connectivity index (χ3v) is 3.32. The number of hydrogen-bond acceptors (Lipinski definition) is 3. The molecule has 1 heterocycles. The monoisotopic (exact) mass is 255 g/mol. The predicted octanol–water partition coefficient (Wildman–Crippen LogP) is 2.81. The van der Waals surface area contributed by atoms with E-state index in [9.17, 15) is 0 Å². The molecule has 2 aromatic rings. The van der Waals surface area contributed by atoms with Gasteiger partial charge in [0.15, 0.2) is 12.0 Å². The van der Waals surface area contributed by atoms with E-state index in [1.807, 2.05) is 41.9 Å². The minimum atomic E-state index is 0.656. The fourth-order valence-corrected chi connectivity index (χ4v) is 2.27. The van der Waals surface area contributed by atoms with Crippen LogP contribution in [0.4, 0.5) is 0 Å². The van der Waals surface area contributed by atoms with Crippen LogP contribution in [0.1, 0.15) is 10.4 Å². The summed E-state index contributed by atoms with van der Waals surface area (Å²) in [7, 11) is 0. The van der Waals surface area contributed by atoms with E-state index < -0.39 is 0 Å². The van der Waals surface area contributed by atoms with Gasteiger partial charge in [0.25, 0.3) is 0 Å². The topological polar surface area (TPSA) is 48.2 Å². The van der Waals surface area contributed by atoms with E-state index in [4.69, 9.17) is 5.26 Å². The Labute approximate surface area is 110 Å². The maximum absolute atomic E-state index is 8.71. The Morgan fingerprint density at radius 1 is 1.22 bits per heavy atom. The fourth-order valence-electron chi connectivity index (χ4n) is 1.59. The van der Waals surface area contributed by atoms with Crippen molar-refractivity contribution >= 4 is 17.2 Å². The standard InChI is InChI=1S/C14H13N3S/c15-11-17-14(13-7-4-10-18-13)16-9-8-12-5-2-1-3-6-12/h1-7,10H,8-9H2,(H,16,17). The molecule has 0 aliphatic heterocycles. The molecule has 0 aliphatic carbocycles. The molecule has 0 spiro atoms. The highest BCUT2D eigenvalue weighted by atomic mass is 32.1. The molecule has 1 aromatic carbocycles. The third-order valence-electron chi connectivity index (χ3n) is 2.44. The third kappa shape index (κ3) is 3.44. The number of nitrogens with zero attached hydrogens (tertiary/aromatic N) is 2. The Hall–Kier alpha value is -2.12. The molecule has 0 saturated carbocycles. The van der Waals surface area contributed by atoms with Gasteiger partial charge in [-0.3, -0.25) is 10.3 Å². The van der Waals surface area contributed by atoms with Crippen molar-refractivity contribution in [3.8, 4) is 6.19 Å². The van der Waals surface area contributed by atoms with Gasteiger partial charge in [0.1, 0.15) is 0 Å². The molecule has 0 unspecified atom stereocenters. The van der Waals surface area contributed by atoms with E-state index in [2.05, 4.69) is 22.4 Å². The number of nitriles is 1. The summed E-state index contributed by atoms with van der Waals surface area (Å²) >= 11 is 1.57. The Balaban J connectivity index is 2.00. The number of nitrogens with one attached hydrogen (secondary N) is 1. The first kappa shape index (κ1) is 12.3. The van der Waals surface area contributed by atoms with Gasteiger partial charge in [-0.2, -0.15) is 5.26 Å². The lowest BCUT2D eigenvalue weighted by molar-refractivity contribution is 0.959. The van der Waals surface area contributed by atoms with Crippen molar-refractivity contribution in [3.05, 3.63) is 58.3 Å². The number of rotatable bonds is 4. The fraction of sp³-hybridized carbons (Fsp3) is 0.143. The Morgan fingerprint density at radius 3 is 2.72 bits per heavy atom. The van der Waals surface area contributed by atoms with Crippen molar-refractivity contribution < 1.29 is 0 Å². The highest BCUT2D eigenvalue weighted by Gasteiger charge is 2.02. The number of benzene rings is 1. The molecule has 0 bridgehead atoms. The highest BCUT2D eigenvalue weighted by Crippen LogP contribution is 2.09. The molecular weight excluding hydrogens is 242 g/mol. The molecule has 0 saturated heterocycles. The van der Waals surface area contributed by atoms with Crippen LogP contribution in [0.15, 0.2) is 52.8 Å². The van der Waals surface area contributed by atoms with Crippen LogP contribution < -0.4 is 5.32 Å². The maximum atomic E-state index is 8.71. The average molecular weight is 255 g/mol. The molecule has 0 atom stereocenters. The van der Waals surface area contributed by atoms with Crippen LogP contribution in [0.2, 0.25) is 0 Å². The van der Waals surface area contributed by atoms with Crippen LogP contribution in [0, 0.1) is 11.5 Å². The SMILES string of the molecule is N#CN/C(=N\CCc1ccccc1)c1cccs1. The lowest BCUT2D eigenvalue weighted by Gasteiger charge is -2.01. The van der Waals surface area contributed by atoms with E-state index in [0.717, 1.165) is 11.3 Å². The van der Waals surface area contributed by atoms with Gasteiger partial charge >= 0.3 is 0 Å². The number of thiophene rings is 1. The van der Waals surface area contributed by atoms with Crippen LogP contribution in [0.3, 0.4) is 0 Å². The van der Waals surface area contributed by atoms with Gasteiger partial charge in [-0.25, -0.2) is 0 Å². The molecule has 1 N–H and O–H groups in total. The molecule has 90 valence electrons.